The van der Waals surface area contributed by atoms with Gasteiger partial charge in [-0.25, -0.2) is 8.78 Å². The molecule has 1 rings (SSSR count). The predicted molar refractivity (Wildman–Crippen MR) is 49.2 cm³/mol. The highest BCUT2D eigenvalue weighted by Crippen LogP contribution is 2.31. The van der Waals surface area contributed by atoms with E-state index in [-0.39, 0.29) is 23.5 Å². The fourth-order valence-corrected chi connectivity index (χ4v) is 1.20. The van der Waals surface area contributed by atoms with Crippen LogP contribution < -0.4 is 9.47 Å². The number of methoxy groups -OCH3 is 2. The lowest BCUT2D eigenvalue weighted by molar-refractivity contribution is -0.107. The lowest BCUT2D eigenvalue weighted by Gasteiger charge is -2.10. The van der Waals surface area contributed by atoms with Crippen LogP contribution in [0.15, 0.2) is 6.07 Å². The molecule has 0 radical (unpaired) electrons. The number of ether oxygens (including phenoxy) is 2. The summed E-state index contributed by atoms with van der Waals surface area (Å²) in [6.07, 6.45) is 0.0611. The summed E-state index contributed by atoms with van der Waals surface area (Å²) in [4.78, 5) is 10.3. The van der Waals surface area contributed by atoms with Gasteiger partial charge in [0.05, 0.1) is 14.2 Å². The molecule has 0 aromatic heterocycles. The summed E-state index contributed by atoms with van der Waals surface area (Å²) in [6, 6.07) is 1.10. The first-order chi connectivity index (χ1) is 7.15. The van der Waals surface area contributed by atoms with Crippen LogP contribution in [0.25, 0.3) is 0 Å². The van der Waals surface area contributed by atoms with E-state index in [4.69, 9.17) is 9.47 Å². The topological polar surface area (TPSA) is 35.5 Å². The molecule has 0 unspecified atom stereocenters. The van der Waals surface area contributed by atoms with Gasteiger partial charge in [-0.2, -0.15) is 0 Å². The molecule has 3 nitrogen and oxygen atoms in total. The molecule has 0 spiro atoms. The zero-order valence-corrected chi connectivity index (χ0v) is 8.34. The molecule has 0 N–H and O–H groups in total. The summed E-state index contributed by atoms with van der Waals surface area (Å²) in [5.41, 5.74) is -0.346. The summed E-state index contributed by atoms with van der Waals surface area (Å²) < 4.78 is 36.3. The zero-order chi connectivity index (χ0) is 11.4. The summed E-state index contributed by atoms with van der Waals surface area (Å²) in [7, 11) is 2.50. The minimum absolute atomic E-state index is 0.148. The number of benzene rings is 1. The smallest absolute Gasteiger partial charge is 0.171 e. The molecule has 15 heavy (non-hydrogen) atoms. The normalized spacial score (nSPS) is 9.87. The highest BCUT2D eigenvalue weighted by atomic mass is 19.1. The molecular formula is C10H10F2O3. The van der Waals surface area contributed by atoms with Crippen molar-refractivity contribution in [3.8, 4) is 11.5 Å². The van der Waals surface area contributed by atoms with Crippen molar-refractivity contribution in [2.75, 3.05) is 14.2 Å². The van der Waals surface area contributed by atoms with Crippen molar-refractivity contribution in [3.05, 3.63) is 23.3 Å². The van der Waals surface area contributed by atoms with E-state index in [0.29, 0.717) is 6.29 Å². The zero-order valence-electron chi connectivity index (χ0n) is 8.34. The predicted octanol–water partition coefficient (Wildman–Crippen LogP) is 1.72. The van der Waals surface area contributed by atoms with Crippen molar-refractivity contribution in [2.45, 2.75) is 6.42 Å². The maximum atomic E-state index is 13.5. The third-order valence-corrected chi connectivity index (χ3v) is 1.95. The maximum Gasteiger partial charge on any atom is 0.171 e. The molecule has 1 aromatic rings. The van der Waals surface area contributed by atoms with E-state index in [0.717, 1.165) is 6.07 Å². The van der Waals surface area contributed by atoms with Crippen LogP contribution in [0.1, 0.15) is 5.56 Å². The Morgan fingerprint density at radius 2 is 1.67 bits per heavy atom. The molecule has 0 fully saturated rings. The van der Waals surface area contributed by atoms with Crippen LogP contribution in [0.2, 0.25) is 0 Å². The molecule has 0 bridgehead atoms. The fourth-order valence-electron chi connectivity index (χ4n) is 1.20. The molecule has 1 aromatic carbocycles. The maximum absolute atomic E-state index is 13.5. The van der Waals surface area contributed by atoms with Crippen LogP contribution in [-0.2, 0) is 11.2 Å². The van der Waals surface area contributed by atoms with E-state index in [9.17, 15) is 13.6 Å². The lowest BCUT2D eigenvalue weighted by Crippen LogP contribution is -2.02. The third-order valence-electron chi connectivity index (χ3n) is 1.95. The van der Waals surface area contributed by atoms with Crippen LogP contribution in [0.3, 0.4) is 0 Å². The SMILES string of the molecule is COc1cc(OC)c(F)c(CC=O)c1F. The second kappa shape index (κ2) is 4.72. The molecule has 0 aliphatic heterocycles. The van der Waals surface area contributed by atoms with E-state index in [1.807, 2.05) is 0 Å². The van der Waals surface area contributed by atoms with Crippen LogP contribution in [0.5, 0.6) is 11.5 Å². The molecule has 0 amide bonds. The van der Waals surface area contributed by atoms with Crippen molar-refractivity contribution in [1.29, 1.82) is 0 Å². The third kappa shape index (κ3) is 2.06. The summed E-state index contributed by atoms with van der Waals surface area (Å²) >= 11 is 0. The molecular weight excluding hydrogens is 206 g/mol. The Balaban J connectivity index is 3.38. The minimum atomic E-state index is -0.872. The Labute approximate surface area is 85.6 Å². The first kappa shape index (κ1) is 11.4. The van der Waals surface area contributed by atoms with E-state index < -0.39 is 11.6 Å². The monoisotopic (exact) mass is 216 g/mol. The average Bonchev–Trinajstić information content (AvgIpc) is 2.25. The first-order valence-corrected chi connectivity index (χ1v) is 4.18. The Morgan fingerprint density at radius 1 is 1.20 bits per heavy atom. The van der Waals surface area contributed by atoms with Crippen molar-refractivity contribution >= 4 is 6.29 Å². The average molecular weight is 216 g/mol. The van der Waals surface area contributed by atoms with Gasteiger partial charge in [0.25, 0.3) is 0 Å². The second-order valence-electron chi connectivity index (χ2n) is 2.76. The number of aldehydes is 1. The van der Waals surface area contributed by atoms with Crippen LogP contribution in [0, 0.1) is 11.6 Å². The molecule has 5 heteroatoms. The minimum Gasteiger partial charge on any atom is -0.494 e. The van der Waals surface area contributed by atoms with Gasteiger partial charge in [0, 0.05) is 18.1 Å². The Kier molecular flexibility index (Phi) is 3.60. The fraction of sp³-hybridized carbons (Fsp3) is 0.300. The van der Waals surface area contributed by atoms with Gasteiger partial charge in [-0.05, 0) is 0 Å². The highest BCUT2D eigenvalue weighted by Gasteiger charge is 2.19. The van der Waals surface area contributed by atoms with E-state index in [2.05, 4.69) is 0 Å². The molecule has 0 heterocycles. The molecule has 0 saturated heterocycles. The Bertz CT molecular complexity index is 349. The largest absolute Gasteiger partial charge is 0.494 e. The molecule has 0 saturated carbocycles. The van der Waals surface area contributed by atoms with Crippen molar-refractivity contribution in [2.24, 2.45) is 0 Å². The summed E-state index contributed by atoms with van der Waals surface area (Å²) in [5.74, 6) is -2.04. The van der Waals surface area contributed by atoms with E-state index >= 15 is 0 Å². The number of halogens is 2. The van der Waals surface area contributed by atoms with Crippen molar-refractivity contribution < 1.29 is 23.0 Å². The Morgan fingerprint density at radius 3 is 2.00 bits per heavy atom. The van der Waals surface area contributed by atoms with Gasteiger partial charge in [-0.15, -0.1) is 0 Å². The van der Waals surface area contributed by atoms with Gasteiger partial charge in [-0.3, -0.25) is 0 Å². The van der Waals surface area contributed by atoms with Gasteiger partial charge >= 0.3 is 0 Å². The van der Waals surface area contributed by atoms with Gasteiger partial charge in [0.1, 0.15) is 6.29 Å². The number of hydrogen-bond acceptors (Lipinski definition) is 3. The van der Waals surface area contributed by atoms with Crippen LogP contribution in [0.4, 0.5) is 8.78 Å². The van der Waals surface area contributed by atoms with Gasteiger partial charge in [0.15, 0.2) is 23.1 Å². The van der Waals surface area contributed by atoms with E-state index in [1.165, 1.54) is 14.2 Å². The number of hydrogen-bond donors (Lipinski definition) is 0. The van der Waals surface area contributed by atoms with Crippen LogP contribution >= 0.6 is 0 Å². The quantitative estimate of drug-likeness (QED) is 0.719. The summed E-state index contributed by atoms with van der Waals surface area (Å²) in [5, 5.41) is 0. The standard InChI is InChI=1S/C10H10F2O3/c1-14-7-5-8(15-2)10(12)6(3-4-13)9(7)11/h4-5H,3H2,1-2H3. The lowest BCUT2D eigenvalue weighted by atomic mass is 10.1. The molecule has 0 aliphatic rings. The number of carbonyl (C=O) groups is 1. The Hall–Kier alpha value is -1.65. The number of carbonyl (C=O) groups excluding carboxylic acids is 1. The van der Waals surface area contributed by atoms with E-state index in [1.54, 1.807) is 0 Å². The summed E-state index contributed by atoms with van der Waals surface area (Å²) in [6.45, 7) is 0. The molecule has 0 aliphatic carbocycles. The van der Waals surface area contributed by atoms with Gasteiger partial charge < -0.3 is 14.3 Å². The van der Waals surface area contributed by atoms with Gasteiger partial charge in [-0.1, -0.05) is 0 Å². The molecule has 0 atom stereocenters. The van der Waals surface area contributed by atoms with Crippen molar-refractivity contribution in [3.63, 3.8) is 0 Å². The van der Waals surface area contributed by atoms with Crippen LogP contribution in [-0.4, -0.2) is 20.5 Å². The molecule has 82 valence electrons. The van der Waals surface area contributed by atoms with Gasteiger partial charge in [0.2, 0.25) is 0 Å². The number of rotatable bonds is 4. The second-order valence-corrected chi connectivity index (χ2v) is 2.76. The highest BCUT2D eigenvalue weighted by molar-refractivity contribution is 5.57. The van der Waals surface area contributed by atoms with Crippen molar-refractivity contribution in [1.82, 2.24) is 0 Å². The first-order valence-electron chi connectivity index (χ1n) is 4.18.